The second-order valence-corrected chi connectivity index (χ2v) is 5.90. The van der Waals surface area contributed by atoms with E-state index in [4.69, 9.17) is 18.7 Å². The van der Waals surface area contributed by atoms with E-state index in [1.165, 1.54) is 13.2 Å². The molecule has 10 heteroatoms. The summed E-state index contributed by atoms with van der Waals surface area (Å²) in [6.45, 7) is 0.873. The molecule has 0 unspecified atom stereocenters. The second kappa shape index (κ2) is 9.02. The minimum absolute atomic E-state index is 0.0931. The van der Waals surface area contributed by atoms with Crippen molar-refractivity contribution in [3.63, 3.8) is 0 Å². The van der Waals surface area contributed by atoms with Gasteiger partial charge in [-0.3, -0.25) is 10.1 Å². The number of ether oxygens (including phenoxy) is 3. The van der Waals surface area contributed by atoms with Crippen molar-refractivity contribution in [1.29, 1.82) is 0 Å². The number of rotatable bonds is 9. The molecule has 10 nitrogen and oxygen atoms in total. The molecule has 29 heavy (non-hydrogen) atoms. The van der Waals surface area contributed by atoms with Crippen molar-refractivity contribution >= 4 is 11.4 Å². The Morgan fingerprint density at radius 2 is 1.83 bits per heavy atom. The van der Waals surface area contributed by atoms with Gasteiger partial charge in [-0.2, -0.15) is 4.98 Å². The van der Waals surface area contributed by atoms with E-state index < -0.39 is 4.92 Å². The molecule has 3 aromatic rings. The van der Waals surface area contributed by atoms with Gasteiger partial charge in [0.1, 0.15) is 5.69 Å². The van der Waals surface area contributed by atoms with Crippen LogP contribution in [0.3, 0.4) is 0 Å². The Labute approximate surface area is 166 Å². The third-order valence-corrected chi connectivity index (χ3v) is 4.13. The van der Waals surface area contributed by atoms with Gasteiger partial charge < -0.3 is 24.1 Å². The van der Waals surface area contributed by atoms with Crippen LogP contribution in [0.25, 0.3) is 22.8 Å². The monoisotopic (exact) mass is 400 g/mol. The quantitative estimate of drug-likeness (QED) is 0.327. The number of nitro groups is 1. The molecule has 0 atom stereocenters. The fraction of sp³-hybridized carbons (Fsp3) is 0.263. The molecular weight excluding hydrogens is 380 g/mol. The Morgan fingerprint density at radius 1 is 1.07 bits per heavy atom. The van der Waals surface area contributed by atoms with Gasteiger partial charge in [0, 0.05) is 30.8 Å². The summed E-state index contributed by atoms with van der Waals surface area (Å²) in [5.41, 5.74) is 1.39. The Hall–Kier alpha value is -3.66. The predicted octanol–water partition coefficient (Wildman–Crippen LogP) is 3.39. The van der Waals surface area contributed by atoms with E-state index in [0.29, 0.717) is 47.3 Å². The van der Waals surface area contributed by atoms with Gasteiger partial charge in [0.15, 0.2) is 11.5 Å². The molecule has 0 fully saturated rings. The summed E-state index contributed by atoms with van der Waals surface area (Å²) in [6, 6.07) is 9.88. The van der Waals surface area contributed by atoms with Crippen LogP contribution < -0.4 is 14.8 Å². The van der Waals surface area contributed by atoms with Crippen molar-refractivity contribution in [2.24, 2.45) is 0 Å². The van der Waals surface area contributed by atoms with Gasteiger partial charge in [0.25, 0.3) is 11.6 Å². The van der Waals surface area contributed by atoms with E-state index in [1.54, 1.807) is 44.6 Å². The minimum Gasteiger partial charge on any atom is -0.493 e. The number of nitrogens with zero attached hydrogens (tertiary/aromatic N) is 3. The molecule has 3 rings (SSSR count). The SMILES string of the molecule is COCCNc1ccc(-c2nc(-c3ccc(OC)c(OC)c3)no2)cc1[N+](=O)[O-]. The zero-order chi connectivity index (χ0) is 20.8. The van der Waals surface area contributed by atoms with Crippen LogP contribution in [-0.4, -0.2) is 49.5 Å². The van der Waals surface area contributed by atoms with Crippen molar-refractivity contribution in [3.8, 4) is 34.3 Å². The lowest BCUT2D eigenvalue weighted by Crippen LogP contribution is -2.09. The Bertz CT molecular complexity index is 1000. The van der Waals surface area contributed by atoms with Gasteiger partial charge >= 0.3 is 0 Å². The summed E-state index contributed by atoms with van der Waals surface area (Å²) in [5, 5.41) is 18.4. The number of hydrogen-bond donors (Lipinski definition) is 1. The van der Waals surface area contributed by atoms with Crippen LogP contribution in [0.5, 0.6) is 11.5 Å². The lowest BCUT2D eigenvalue weighted by atomic mass is 10.1. The molecule has 0 amide bonds. The van der Waals surface area contributed by atoms with Gasteiger partial charge in [-0.05, 0) is 30.3 Å². The summed E-state index contributed by atoms with van der Waals surface area (Å²) in [4.78, 5) is 15.3. The first-order valence-electron chi connectivity index (χ1n) is 8.65. The summed E-state index contributed by atoms with van der Waals surface area (Å²) < 4.78 is 20.8. The zero-order valence-corrected chi connectivity index (χ0v) is 16.2. The molecule has 0 aliphatic carbocycles. The number of methoxy groups -OCH3 is 3. The van der Waals surface area contributed by atoms with Crippen LogP contribution in [-0.2, 0) is 4.74 Å². The zero-order valence-electron chi connectivity index (χ0n) is 16.2. The first kappa shape index (κ1) is 20.1. The van der Waals surface area contributed by atoms with Gasteiger partial charge in [0.05, 0.1) is 25.7 Å². The van der Waals surface area contributed by atoms with Crippen LogP contribution in [0.1, 0.15) is 0 Å². The lowest BCUT2D eigenvalue weighted by molar-refractivity contribution is -0.383. The minimum atomic E-state index is -0.468. The highest BCUT2D eigenvalue weighted by molar-refractivity contribution is 5.71. The second-order valence-electron chi connectivity index (χ2n) is 5.90. The Morgan fingerprint density at radius 3 is 2.52 bits per heavy atom. The maximum Gasteiger partial charge on any atom is 0.293 e. The van der Waals surface area contributed by atoms with Crippen LogP contribution >= 0.6 is 0 Å². The lowest BCUT2D eigenvalue weighted by Gasteiger charge is -2.07. The van der Waals surface area contributed by atoms with Gasteiger partial charge in [-0.25, -0.2) is 0 Å². The fourth-order valence-electron chi connectivity index (χ4n) is 2.69. The number of nitrogens with one attached hydrogen (secondary N) is 1. The topological polar surface area (TPSA) is 122 Å². The van der Waals surface area contributed by atoms with Crippen molar-refractivity contribution in [3.05, 3.63) is 46.5 Å². The molecule has 0 bridgehead atoms. The standard InChI is InChI=1S/C19H20N4O6/c1-26-9-8-20-14-6-4-13(10-15(14)23(24)25)19-21-18(22-29-19)12-5-7-16(27-2)17(11-12)28-3/h4-7,10-11,20H,8-9H2,1-3H3. The van der Waals surface area contributed by atoms with E-state index in [-0.39, 0.29) is 11.6 Å². The van der Waals surface area contributed by atoms with Crippen molar-refractivity contribution in [2.45, 2.75) is 0 Å². The molecule has 152 valence electrons. The molecule has 1 heterocycles. The highest BCUT2D eigenvalue weighted by atomic mass is 16.6. The third kappa shape index (κ3) is 4.43. The molecule has 0 saturated carbocycles. The van der Waals surface area contributed by atoms with E-state index in [2.05, 4.69) is 15.5 Å². The molecule has 2 aromatic carbocycles. The maximum atomic E-state index is 11.4. The first-order valence-corrected chi connectivity index (χ1v) is 8.65. The number of nitro benzene ring substituents is 1. The smallest absolute Gasteiger partial charge is 0.293 e. The van der Waals surface area contributed by atoms with E-state index in [0.717, 1.165) is 0 Å². The summed E-state index contributed by atoms with van der Waals surface area (Å²) >= 11 is 0. The Kier molecular flexibility index (Phi) is 6.25. The maximum absolute atomic E-state index is 11.4. The molecule has 0 aliphatic rings. The number of aromatic nitrogens is 2. The Balaban J connectivity index is 1.90. The predicted molar refractivity (Wildman–Crippen MR) is 105 cm³/mol. The third-order valence-electron chi connectivity index (χ3n) is 4.13. The molecule has 0 radical (unpaired) electrons. The molecule has 1 aromatic heterocycles. The summed E-state index contributed by atoms with van der Waals surface area (Å²) in [7, 11) is 4.64. The average Bonchev–Trinajstić information content (AvgIpc) is 3.23. The van der Waals surface area contributed by atoms with Crippen molar-refractivity contribution in [1.82, 2.24) is 10.1 Å². The number of benzene rings is 2. The normalized spacial score (nSPS) is 10.6. The first-order chi connectivity index (χ1) is 14.1. The van der Waals surface area contributed by atoms with Crippen LogP contribution in [0, 0.1) is 10.1 Å². The molecular formula is C19H20N4O6. The van der Waals surface area contributed by atoms with Crippen molar-refractivity contribution in [2.75, 3.05) is 39.8 Å². The van der Waals surface area contributed by atoms with Crippen molar-refractivity contribution < 1.29 is 23.7 Å². The summed E-state index contributed by atoms with van der Waals surface area (Å²) in [6.07, 6.45) is 0. The van der Waals surface area contributed by atoms with Crippen LogP contribution in [0.2, 0.25) is 0 Å². The molecule has 0 saturated heterocycles. The molecule has 0 spiro atoms. The fourth-order valence-corrected chi connectivity index (χ4v) is 2.69. The van der Waals surface area contributed by atoms with E-state index in [1.807, 2.05) is 0 Å². The molecule has 0 aliphatic heterocycles. The van der Waals surface area contributed by atoms with Crippen LogP contribution in [0.4, 0.5) is 11.4 Å². The largest absolute Gasteiger partial charge is 0.493 e. The van der Waals surface area contributed by atoms with E-state index in [9.17, 15) is 10.1 Å². The highest BCUT2D eigenvalue weighted by Crippen LogP contribution is 2.33. The summed E-state index contributed by atoms with van der Waals surface area (Å²) in [5.74, 6) is 1.60. The van der Waals surface area contributed by atoms with Gasteiger partial charge in [0.2, 0.25) is 5.82 Å². The van der Waals surface area contributed by atoms with Crippen LogP contribution in [0.15, 0.2) is 40.9 Å². The number of hydrogen-bond acceptors (Lipinski definition) is 9. The average molecular weight is 400 g/mol. The van der Waals surface area contributed by atoms with Gasteiger partial charge in [-0.15, -0.1) is 0 Å². The molecule has 1 N–H and O–H groups in total. The van der Waals surface area contributed by atoms with E-state index >= 15 is 0 Å². The van der Waals surface area contributed by atoms with Gasteiger partial charge in [-0.1, -0.05) is 5.16 Å². The number of anilines is 1. The highest BCUT2D eigenvalue weighted by Gasteiger charge is 2.19.